The van der Waals surface area contributed by atoms with Gasteiger partial charge in [-0.1, -0.05) is 12.1 Å². The molecular weight excluding hydrogens is 473 g/mol. The first-order chi connectivity index (χ1) is 13.5. The van der Waals surface area contributed by atoms with E-state index in [2.05, 4.69) is 27.7 Å². The average Bonchev–Trinajstić information content (AvgIpc) is 2.70. The van der Waals surface area contributed by atoms with Gasteiger partial charge in [0.05, 0.1) is 16.2 Å². The first kappa shape index (κ1) is 19.5. The number of carbonyl (C=O) groups excluding carboxylic acids is 1. The lowest BCUT2D eigenvalue weighted by Gasteiger charge is -2.08. The van der Waals surface area contributed by atoms with Gasteiger partial charge < -0.3 is 10.6 Å². The van der Waals surface area contributed by atoms with E-state index in [9.17, 15) is 14.9 Å². The quantitative estimate of drug-likeness (QED) is 0.111. The lowest BCUT2D eigenvalue weighted by Crippen LogP contribution is -2.10. The topological polar surface area (TPSA) is 108 Å². The number of hydrogen-bond acceptors (Lipinski definition) is 6. The Balaban J connectivity index is 1.78. The normalized spacial score (nSPS) is 11.1. The summed E-state index contributed by atoms with van der Waals surface area (Å²) in [5.74, 6) is 5.45. The summed E-state index contributed by atoms with van der Waals surface area (Å²) in [6, 6.07) is 19.8. The van der Waals surface area contributed by atoms with Crippen LogP contribution in [0.15, 0.2) is 77.9 Å². The molecule has 0 amide bonds. The van der Waals surface area contributed by atoms with Gasteiger partial charge in [0.15, 0.2) is 0 Å². The molecule has 3 aromatic carbocycles. The minimum atomic E-state index is -0.472. The number of hydrogen-bond donors (Lipinski definition) is 1. The zero-order valence-corrected chi connectivity index (χ0v) is 16.6. The summed E-state index contributed by atoms with van der Waals surface area (Å²) < 4.78 is 6.21. The van der Waals surface area contributed by atoms with Crippen LogP contribution in [0.4, 0.5) is 5.69 Å². The number of esters is 1. The summed E-state index contributed by atoms with van der Waals surface area (Å²) in [5.41, 5.74) is 2.26. The first-order valence-corrected chi connectivity index (χ1v) is 9.17. The molecule has 28 heavy (non-hydrogen) atoms. The molecule has 0 spiro atoms. The number of carbonyl (C=O) groups is 1. The second-order valence-corrected chi connectivity index (χ2v) is 6.84. The lowest BCUT2D eigenvalue weighted by atomic mass is 10.0. The summed E-state index contributed by atoms with van der Waals surface area (Å²) in [6.45, 7) is 0. The Labute approximate surface area is 174 Å². The second-order valence-electron chi connectivity index (χ2n) is 5.68. The van der Waals surface area contributed by atoms with Crippen molar-refractivity contribution in [3.8, 4) is 5.75 Å². The van der Waals surface area contributed by atoms with Gasteiger partial charge in [0, 0.05) is 26.8 Å². The smallest absolute Gasteiger partial charge is 0.344 e. The van der Waals surface area contributed by atoms with E-state index in [1.54, 1.807) is 48.5 Å². The number of nitro groups is 1. The van der Waals surface area contributed by atoms with Crippen LogP contribution >= 0.6 is 22.6 Å². The van der Waals surface area contributed by atoms with Gasteiger partial charge in [-0.3, -0.25) is 10.1 Å². The van der Waals surface area contributed by atoms with Gasteiger partial charge in [-0.05, 0) is 71.1 Å². The van der Waals surface area contributed by atoms with Crippen LogP contribution in [0.2, 0.25) is 0 Å². The highest BCUT2D eigenvalue weighted by atomic mass is 127. The first-order valence-electron chi connectivity index (χ1n) is 8.09. The minimum Gasteiger partial charge on any atom is -0.423 e. The Hall–Kier alpha value is -3.27. The lowest BCUT2D eigenvalue weighted by molar-refractivity contribution is -0.384. The van der Waals surface area contributed by atoms with Crippen molar-refractivity contribution in [1.29, 1.82) is 0 Å². The van der Waals surface area contributed by atoms with Crippen LogP contribution in [-0.4, -0.2) is 16.6 Å². The maximum atomic E-state index is 12.3. The summed E-state index contributed by atoms with van der Waals surface area (Å²) in [7, 11) is 0. The molecule has 0 saturated carbocycles. The van der Waals surface area contributed by atoms with Crippen molar-refractivity contribution in [2.24, 2.45) is 10.9 Å². The van der Waals surface area contributed by atoms with Gasteiger partial charge in [-0.25, -0.2) is 4.79 Å². The van der Waals surface area contributed by atoms with Crippen molar-refractivity contribution in [1.82, 2.24) is 0 Å². The molecule has 0 unspecified atom stereocenters. The van der Waals surface area contributed by atoms with E-state index in [1.165, 1.54) is 12.1 Å². The van der Waals surface area contributed by atoms with Gasteiger partial charge in [0.1, 0.15) is 5.75 Å². The van der Waals surface area contributed by atoms with Crippen LogP contribution in [0.1, 0.15) is 21.5 Å². The fourth-order valence-electron chi connectivity index (χ4n) is 2.53. The van der Waals surface area contributed by atoms with Crippen molar-refractivity contribution in [3.63, 3.8) is 0 Å². The highest BCUT2D eigenvalue weighted by molar-refractivity contribution is 14.1. The molecule has 3 rings (SSSR count). The molecule has 8 heteroatoms. The number of nitrogens with two attached hydrogens (primary N) is 1. The van der Waals surface area contributed by atoms with Crippen LogP contribution in [0.5, 0.6) is 5.75 Å². The van der Waals surface area contributed by atoms with Crippen LogP contribution in [0.3, 0.4) is 0 Å². The van der Waals surface area contributed by atoms with Gasteiger partial charge in [0.2, 0.25) is 0 Å². The summed E-state index contributed by atoms with van der Waals surface area (Å²) >= 11 is 2.08. The van der Waals surface area contributed by atoms with Gasteiger partial charge in [-0.2, -0.15) is 5.10 Å². The fourth-order valence-corrected chi connectivity index (χ4v) is 3.13. The molecule has 0 aliphatic rings. The monoisotopic (exact) mass is 487 g/mol. The van der Waals surface area contributed by atoms with Crippen LogP contribution in [-0.2, 0) is 0 Å². The van der Waals surface area contributed by atoms with Gasteiger partial charge in [-0.15, -0.1) is 0 Å². The molecular formula is C20H14IN3O4. The molecule has 0 atom stereocenters. The number of hydrazone groups is 1. The number of nitro benzene ring substituents is 1. The third-order valence-corrected chi connectivity index (χ3v) is 4.85. The largest absolute Gasteiger partial charge is 0.423 e. The molecule has 0 heterocycles. The van der Waals surface area contributed by atoms with Crippen molar-refractivity contribution in [2.75, 3.05) is 0 Å². The van der Waals surface area contributed by atoms with E-state index in [-0.39, 0.29) is 5.69 Å². The summed E-state index contributed by atoms with van der Waals surface area (Å²) in [5, 5.41) is 14.6. The van der Waals surface area contributed by atoms with E-state index in [1.807, 2.05) is 12.1 Å². The standard InChI is InChI=1S/C20H14IN3O4/c21-18-4-2-1-3-17(18)20(25)28-16-11-7-14(8-12-16)19(23-22)13-5-9-15(10-6-13)24(26)27/h1-12H,22H2/b23-19-. The van der Waals surface area contributed by atoms with E-state index < -0.39 is 10.9 Å². The third kappa shape index (κ3) is 4.34. The van der Waals surface area contributed by atoms with E-state index >= 15 is 0 Å². The Morgan fingerprint density at radius 2 is 1.54 bits per heavy atom. The Morgan fingerprint density at radius 3 is 2.07 bits per heavy atom. The Morgan fingerprint density at radius 1 is 0.964 bits per heavy atom. The van der Waals surface area contributed by atoms with Gasteiger partial charge >= 0.3 is 5.97 Å². The maximum absolute atomic E-state index is 12.3. The van der Waals surface area contributed by atoms with Crippen LogP contribution in [0, 0.1) is 13.7 Å². The van der Waals surface area contributed by atoms with Crippen molar-refractivity contribution >= 4 is 40.0 Å². The number of halogens is 1. The zero-order chi connectivity index (χ0) is 20.1. The minimum absolute atomic E-state index is 0.0158. The molecule has 0 radical (unpaired) electrons. The molecule has 0 aromatic heterocycles. The number of rotatable bonds is 5. The van der Waals surface area contributed by atoms with E-state index in [0.717, 1.165) is 3.57 Å². The summed E-state index contributed by atoms with van der Waals surface area (Å²) in [6.07, 6.45) is 0. The molecule has 3 aromatic rings. The maximum Gasteiger partial charge on any atom is 0.344 e. The predicted molar refractivity (Wildman–Crippen MR) is 113 cm³/mol. The molecule has 140 valence electrons. The number of nitrogens with zero attached hydrogens (tertiary/aromatic N) is 2. The summed E-state index contributed by atoms with van der Waals surface area (Å²) in [4.78, 5) is 22.6. The molecule has 7 nitrogen and oxygen atoms in total. The molecule has 0 aliphatic heterocycles. The number of non-ortho nitro benzene ring substituents is 1. The van der Waals surface area contributed by atoms with Gasteiger partial charge in [0.25, 0.3) is 5.69 Å². The number of ether oxygens (including phenoxy) is 1. The predicted octanol–water partition coefficient (Wildman–Crippen LogP) is 4.13. The highest BCUT2D eigenvalue weighted by Gasteiger charge is 2.13. The van der Waals surface area contributed by atoms with E-state index in [4.69, 9.17) is 10.6 Å². The fraction of sp³-hybridized carbons (Fsp3) is 0. The van der Waals surface area contributed by atoms with Crippen LogP contribution in [0.25, 0.3) is 0 Å². The Bertz CT molecular complexity index is 1050. The van der Waals surface area contributed by atoms with Crippen molar-refractivity contribution < 1.29 is 14.5 Å². The average molecular weight is 487 g/mol. The molecule has 0 fully saturated rings. The second kappa shape index (κ2) is 8.61. The Kier molecular flexibility index (Phi) is 5.99. The molecule has 0 aliphatic carbocycles. The van der Waals surface area contributed by atoms with E-state index in [0.29, 0.717) is 28.2 Å². The molecule has 0 bridgehead atoms. The molecule has 0 saturated heterocycles. The van der Waals surface area contributed by atoms with Crippen LogP contribution < -0.4 is 10.6 Å². The third-order valence-electron chi connectivity index (χ3n) is 3.91. The van der Waals surface area contributed by atoms with Crippen molar-refractivity contribution in [2.45, 2.75) is 0 Å². The van der Waals surface area contributed by atoms with Crippen molar-refractivity contribution in [3.05, 3.63) is 103 Å². The molecule has 2 N–H and O–H groups in total. The highest BCUT2D eigenvalue weighted by Crippen LogP contribution is 2.20. The number of benzene rings is 3. The SMILES string of the molecule is N/N=C(\c1ccc(OC(=O)c2ccccc2I)cc1)c1ccc([N+](=O)[O-])cc1. The zero-order valence-electron chi connectivity index (χ0n) is 14.4.